The number of halogens is 4. The molecule has 0 radical (unpaired) electrons. The molecule has 1 atom stereocenters. The molecule has 0 saturated heterocycles. The van der Waals surface area contributed by atoms with Gasteiger partial charge in [0.25, 0.3) is 0 Å². The Hall–Kier alpha value is -1.99. The van der Waals surface area contributed by atoms with Crippen molar-refractivity contribution in [3.63, 3.8) is 0 Å². The quantitative estimate of drug-likeness (QED) is 0.518. The van der Waals surface area contributed by atoms with Crippen LogP contribution in [-0.4, -0.2) is 4.98 Å². The molecule has 1 aromatic heterocycles. The Morgan fingerprint density at radius 1 is 1.05 bits per heavy atom. The van der Waals surface area contributed by atoms with Crippen molar-refractivity contribution in [1.82, 2.24) is 10.4 Å². The van der Waals surface area contributed by atoms with E-state index in [9.17, 15) is 17.6 Å². The normalized spacial score (nSPS) is 13.2. The first-order valence-electron chi connectivity index (χ1n) is 5.66. The predicted octanol–water partition coefficient (Wildman–Crippen LogP) is 2.79. The van der Waals surface area contributed by atoms with Crippen molar-refractivity contribution in [1.29, 1.82) is 0 Å². The van der Waals surface area contributed by atoms with Crippen LogP contribution in [0.3, 0.4) is 0 Å². The van der Waals surface area contributed by atoms with Crippen LogP contribution in [0.25, 0.3) is 0 Å². The smallest absolute Gasteiger partial charge is 0.271 e. The van der Waals surface area contributed by atoms with E-state index in [1.165, 1.54) is 24.3 Å². The highest BCUT2D eigenvalue weighted by molar-refractivity contribution is 5.31. The van der Waals surface area contributed by atoms with Gasteiger partial charge in [-0.1, -0.05) is 12.1 Å². The SMILES string of the molecule is NNC(c1ccc(C(F)(F)F)cc1)c1ccc(F)cn1. The van der Waals surface area contributed by atoms with Gasteiger partial charge in [0, 0.05) is 0 Å². The lowest BCUT2D eigenvalue weighted by atomic mass is 10.0. The van der Waals surface area contributed by atoms with Crippen molar-refractivity contribution in [2.75, 3.05) is 0 Å². The molecule has 2 aromatic rings. The first kappa shape index (κ1) is 14.4. The van der Waals surface area contributed by atoms with Gasteiger partial charge in [0.1, 0.15) is 5.82 Å². The minimum atomic E-state index is -4.39. The van der Waals surface area contributed by atoms with Crippen LogP contribution in [0.1, 0.15) is 22.9 Å². The van der Waals surface area contributed by atoms with Crippen LogP contribution in [0.5, 0.6) is 0 Å². The third-order valence-electron chi connectivity index (χ3n) is 2.78. The molecular formula is C13H11F4N3. The number of pyridine rings is 1. The third-order valence-corrected chi connectivity index (χ3v) is 2.78. The van der Waals surface area contributed by atoms with E-state index in [4.69, 9.17) is 5.84 Å². The monoisotopic (exact) mass is 285 g/mol. The molecule has 0 aliphatic carbocycles. The number of nitrogens with two attached hydrogens (primary N) is 1. The Labute approximate surface area is 112 Å². The van der Waals surface area contributed by atoms with Crippen molar-refractivity contribution in [3.05, 3.63) is 65.2 Å². The van der Waals surface area contributed by atoms with E-state index in [1.54, 1.807) is 0 Å². The van der Waals surface area contributed by atoms with Crippen LogP contribution in [0.2, 0.25) is 0 Å². The maximum Gasteiger partial charge on any atom is 0.416 e. The molecule has 0 spiro atoms. The predicted molar refractivity (Wildman–Crippen MR) is 64.8 cm³/mol. The van der Waals surface area contributed by atoms with E-state index in [1.807, 2.05) is 0 Å². The highest BCUT2D eigenvalue weighted by atomic mass is 19.4. The zero-order chi connectivity index (χ0) is 14.8. The van der Waals surface area contributed by atoms with E-state index >= 15 is 0 Å². The van der Waals surface area contributed by atoms with Gasteiger partial charge in [-0.05, 0) is 29.8 Å². The van der Waals surface area contributed by atoms with Crippen molar-refractivity contribution in [2.24, 2.45) is 5.84 Å². The highest BCUT2D eigenvalue weighted by Gasteiger charge is 2.30. The summed E-state index contributed by atoms with van der Waals surface area (Å²) in [4.78, 5) is 3.86. The van der Waals surface area contributed by atoms with E-state index in [0.717, 1.165) is 18.3 Å². The summed E-state index contributed by atoms with van der Waals surface area (Å²) >= 11 is 0. The number of aromatic nitrogens is 1. The first-order chi connectivity index (χ1) is 9.41. The molecule has 1 unspecified atom stereocenters. The van der Waals surface area contributed by atoms with Gasteiger partial charge in [-0.2, -0.15) is 13.2 Å². The molecule has 1 aromatic carbocycles. The fraction of sp³-hybridized carbons (Fsp3) is 0.154. The molecule has 7 heteroatoms. The molecule has 1 heterocycles. The second-order valence-electron chi connectivity index (χ2n) is 4.12. The zero-order valence-electron chi connectivity index (χ0n) is 10.2. The molecule has 20 heavy (non-hydrogen) atoms. The van der Waals surface area contributed by atoms with Crippen molar-refractivity contribution < 1.29 is 17.6 Å². The van der Waals surface area contributed by atoms with Crippen LogP contribution in [0, 0.1) is 5.82 Å². The summed E-state index contributed by atoms with van der Waals surface area (Å²) in [6.45, 7) is 0. The van der Waals surface area contributed by atoms with Gasteiger partial charge in [0.05, 0.1) is 23.5 Å². The van der Waals surface area contributed by atoms with Crippen LogP contribution in [0.15, 0.2) is 42.6 Å². The molecule has 0 aliphatic rings. The molecule has 2 rings (SSSR count). The van der Waals surface area contributed by atoms with Gasteiger partial charge < -0.3 is 0 Å². The van der Waals surface area contributed by atoms with Crippen molar-refractivity contribution >= 4 is 0 Å². The number of rotatable bonds is 3. The average molecular weight is 285 g/mol. The molecule has 0 saturated carbocycles. The maximum absolute atomic E-state index is 12.8. The van der Waals surface area contributed by atoms with Crippen LogP contribution < -0.4 is 11.3 Å². The number of alkyl halides is 3. The molecular weight excluding hydrogens is 274 g/mol. The summed E-state index contributed by atoms with van der Waals surface area (Å²) < 4.78 is 50.2. The standard InChI is InChI=1S/C13H11F4N3/c14-10-5-6-11(19-7-10)12(20-18)8-1-3-9(4-2-8)13(15,16)17/h1-7,12,20H,18H2. The fourth-order valence-corrected chi connectivity index (χ4v) is 1.77. The van der Waals surface area contributed by atoms with E-state index in [0.29, 0.717) is 11.3 Å². The van der Waals surface area contributed by atoms with Crippen LogP contribution in [-0.2, 0) is 6.18 Å². The molecule has 0 bridgehead atoms. The number of hydrogen-bond donors (Lipinski definition) is 2. The van der Waals surface area contributed by atoms with Crippen LogP contribution >= 0.6 is 0 Å². The molecule has 3 nitrogen and oxygen atoms in total. The van der Waals surface area contributed by atoms with Crippen LogP contribution in [0.4, 0.5) is 17.6 Å². The molecule has 106 valence electrons. The average Bonchev–Trinajstić information content (AvgIpc) is 2.41. The molecule has 0 aliphatic heterocycles. The Balaban J connectivity index is 2.30. The summed E-state index contributed by atoms with van der Waals surface area (Å²) in [5.41, 5.74) is 2.61. The molecule has 0 amide bonds. The number of hydrazine groups is 1. The number of hydrogen-bond acceptors (Lipinski definition) is 3. The summed E-state index contributed by atoms with van der Waals surface area (Å²) in [5, 5.41) is 0. The maximum atomic E-state index is 12.8. The largest absolute Gasteiger partial charge is 0.416 e. The lowest BCUT2D eigenvalue weighted by molar-refractivity contribution is -0.137. The minimum absolute atomic E-state index is 0.411. The Bertz CT molecular complexity index is 564. The second kappa shape index (κ2) is 5.56. The molecule has 0 fully saturated rings. The van der Waals surface area contributed by atoms with Crippen molar-refractivity contribution in [2.45, 2.75) is 12.2 Å². The van der Waals surface area contributed by atoms with Gasteiger partial charge in [0.2, 0.25) is 0 Å². The molecule has 3 N–H and O–H groups in total. The summed E-state index contributed by atoms with van der Waals surface area (Å²) in [6.07, 6.45) is -3.37. The number of nitrogens with zero attached hydrogens (tertiary/aromatic N) is 1. The summed E-state index contributed by atoms with van der Waals surface area (Å²) in [7, 11) is 0. The lowest BCUT2D eigenvalue weighted by Gasteiger charge is -2.16. The summed E-state index contributed by atoms with van der Waals surface area (Å²) in [6, 6.07) is 6.54. The third kappa shape index (κ3) is 3.12. The topological polar surface area (TPSA) is 50.9 Å². The fourth-order valence-electron chi connectivity index (χ4n) is 1.77. The minimum Gasteiger partial charge on any atom is -0.271 e. The van der Waals surface area contributed by atoms with E-state index in [-0.39, 0.29) is 0 Å². The van der Waals surface area contributed by atoms with E-state index < -0.39 is 23.6 Å². The van der Waals surface area contributed by atoms with Gasteiger partial charge in [-0.3, -0.25) is 10.8 Å². The number of benzene rings is 1. The van der Waals surface area contributed by atoms with Gasteiger partial charge in [-0.15, -0.1) is 0 Å². The highest BCUT2D eigenvalue weighted by Crippen LogP contribution is 2.30. The van der Waals surface area contributed by atoms with Gasteiger partial charge >= 0.3 is 6.18 Å². The first-order valence-corrected chi connectivity index (χ1v) is 5.66. The Morgan fingerprint density at radius 2 is 1.70 bits per heavy atom. The van der Waals surface area contributed by atoms with E-state index in [2.05, 4.69) is 10.4 Å². The second-order valence-corrected chi connectivity index (χ2v) is 4.12. The Kier molecular flexibility index (Phi) is 4.01. The van der Waals surface area contributed by atoms with Crippen molar-refractivity contribution in [3.8, 4) is 0 Å². The number of nitrogens with one attached hydrogen (secondary N) is 1. The van der Waals surface area contributed by atoms with Gasteiger partial charge in [0.15, 0.2) is 0 Å². The lowest BCUT2D eigenvalue weighted by Crippen LogP contribution is -2.29. The Morgan fingerprint density at radius 3 is 2.15 bits per heavy atom. The van der Waals surface area contributed by atoms with Gasteiger partial charge in [-0.25, -0.2) is 9.82 Å². The zero-order valence-corrected chi connectivity index (χ0v) is 10.2. The summed E-state index contributed by atoms with van der Waals surface area (Å²) in [5.74, 6) is 4.89.